The first-order valence-corrected chi connectivity index (χ1v) is 33.2. The van der Waals surface area contributed by atoms with Crippen LogP contribution in [0.15, 0.2) is 66.5 Å². The molecular formula is C44H61N11O12P2SSi2. The van der Waals surface area contributed by atoms with Crippen molar-refractivity contribution in [2.45, 2.75) is 133 Å². The minimum atomic E-state index is -3.69. The van der Waals surface area contributed by atoms with Gasteiger partial charge in [-0.25, -0.2) is 19.9 Å². The number of aliphatic hydroxyl groups excluding tert-OH is 1. The van der Waals surface area contributed by atoms with Gasteiger partial charge >= 0.3 is 8.25 Å². The summed E-state index contributed by atoms with van der Waals surface area (Å²) in [7, 11) is -9.11. The Morgan fingerprint density at radius 1 is 0.917 bits per heavy atom. The standard InChI is InChI=1S/C44H61N11O12P2SSi2/c1-43(2,3)71(7,8)66-32-27(21-56)62-40(54-24-49-29-35(47-23-48-36(29)54)51-38(57)26-15-12-11-13-16-26)33(32)65-69(70,20-14-17-45)61-22-28-31(64-68(59)60)34(67-72(9,10)44(4,5)6)41(63-28)55-25-50-30-37(55)52-42-46-18-19-53(42)39(30)58/h11-13,15-16,18-19,23-25,27-28,31-34,40-41,56,68H,14,20-22H2,1-10H3,(H,46,52)(H,59,60)(H,47,48,51,57)/t27-,28-,31-,32-,33-,34-,40-,41-,69?/m1/s1. The van der Waals surface area contributed by atoms with E-state index in [2.05, 4.69) is 75.2 Å². The van der Waals surface area contributed by atoms with E-state index in [9.17, 15) is 29.4 Å². The normalized spacial score (nSPS) is 24.5. The topological polar surface area (TPSA) is 287 Å². The van der Waals surface area contributed by atoms with E-state index in [1.54, 1.807) is 45.7 Å². The van der Waals surface area contributed by atoms with Crippen molar-refractivity contribution < 1.29 is 51.3 Å². The lowest BCUT2D eigenvalue weighted by Gasteiger charge is -2.41. The van der Waals surface area contributed by atoms with Crippen LogP contribution in [0.2, 0.25) is 36.3 Å². The Hall–Kier alpha value is -4.43. The minimum Gasteiger partial charge on any atom is -0.408 e. The Balaban J connectivity index is 1.17. The van der Waals surface area contributed by atoms with Gasteiger partial charge in [0.25, 0.3) is 11.5 Å². The van der Waals surface area contributed by atoms with Crippen molar-refractivity contribution in [2.24, 2.45) is 0 Å². The molecule has 2 saturated heterocycles. The van der Waals surface area contributed by atoms with E-state index >= 15 is 0 Å². The molecule has 1 amide bonds. The number of amides is 1. The first-order valence-electron chi connectivity index (χ1n) is 23.3. The number of aromatic amines is 1. The quantitative estimate of drug-likeness (QED) is 0.0533. The van der Waals surface area contributed by atoms with Crippen LogP contribution in [0.25, 0.3) is 28.1 Å². The van der Waals surface area contributed by atoms with Gasteiger partial charge in [-0.1, -0.05) is 59.7 Å². The van der Waals surface area contributed by atoms with Crippen LogP contribution in [0.4, 0.5) is 5.82 Å². The second kappa shape index (κ2) is 20.7. The number of nitrogens with zero attached hydrogens (tertiary/aromatic N) is 9. The van der Waals surface area contributed by atoms with E-state index in [1.807, 2.05) is 33.9 Å². The maximum Gasteiger partial charge on any atom is 0.317 e. The zero-order valence-electron chi connectivity index (χ0n) is 41.6. The second-order valence-corrected chi connectivity index (χ2v) is 34.8. The number of imidazole rings is 3. The molecule has 28 heteroatoms. The van der Waals surface area contributed by atoms with Crippen LogP contribution in [0, 0.1) is 11.3 Å². The van der Waals surface area contributed by atoms with Gasteiger partial charge in [-0.05, 0) is 60.2 Å². The number of fused-ring (bicyclic) bond motifs is 3. The summed E-state index contributed by atoms with van der Waals surface area (Å²) < 4.78 is 64.2. The van der Waals surface area contributed by atoms with Crippen LogP contribution in [-0.2, 0) is 48.3 Å². The number of hydrogen-bond donors (Lipinski definition) is 4. The Bertz CT molecular complexity index is 3120. The molecule has 2 aliphatic rings. The number of carbonyl (C=O) groups excluding carboxylic acids is 1. The number of hydrogen-bond acceptors (Lipinski definition) is 18. The highest BCUT2D eigenvalue weighted by molar-refractivity contribution is 8.09. The van der Waals surface area contributed by atoms with Crippen molar-refractivity contribution in [3.05, 3.63) is 77.6 Å². The lowest BCUT2D eigenvalue weighted by molar-refractivity contribution is -0.0527. The molecule has 388 valence electrons. The van der Waals surface area contributed by atoms with Crippen molar-refractivity contribution in [2.75, 3.05) is 24.7 Å². The van der Waals surface area contributed by atoms with Gasteiger partial charge in [0.1, 0.15) is 43.0 Å². The molecule has 4 N–H and O–H groups in total. The van der Waals surface area contributed by atoms with Crippen molar-refractivity contribution in [3.8, 4) is 6.07 Å². The van der Waals surface area contributed by atoms with Gasteiger partial charge in [-0.2, -0.15) is 10.2 Å². The van der Waals surface area contributed by atoms with E-state index in [-0.39, 0.29) is 63.2 Å². The molecule has 8 rings (SSSR count). The number of rotatable bonds is 18. The molecule has 2 fully saturated rings. The fourth-order valence-corrected chi connectivity index (χ4v) is 13.5. The van der Waals surface area contributed by atoms with Crippen LogP contribution in [0.3, 0.4) is 0 Å². The summed E-state index contributed by atoms with van der Waals surface area (Å²) in [6.07, 6.45) is -1.69. The number of ether oxygens (including phenoxy) is 2. The van der Waals surface area contributed by atoms with Gasteiger partial charge in [-0.3, -0.25) is 27.7 Å². The van der Waals surface area contributed by atoms with E-state index in [0.29, 0.717) is 5.56 Å². The van der Waals surface area contributed by atoms with Gasteiger partial charge in [0.15, 0.2) is 63.7 Å². The maximum atomic E-state index is 13.5. The van der Waals surface area contributed by atoms with E-state index in [0.717, 1.165) is 0 Å². The fourth-order valence-electron chi connectivity index (χ4n) is 8.02. The first kappa shape index (κ1) is 53.9. The Kier molecular flexibility index (Phi) is 15.5. The molecule has 5 aromatic heterocycles. The third-order valence-electron chi connectivity index (χ3n) is 13.9. The summed E-state index contributed by atoms with van der Waals surface area (Å²) in [6, 6.07) is 10.8. The monoisotopic (exact) mass is 1090 g/mol. The lowest BCUT2D eigenvalue weighted by Crippen LogP contribution is -2.50. The number of benzene rings is 1. The third kappa shape index (κ3) is 10.7. The molecule has 0 saturated carbocycles. The van der Waals surface area contributed by atoms with Crippen molar-refractivity contribution >= 4 is 83.0 Å². The number of nitrogens with one attached hydrogen (secondary N) is 2. The SMILES string of the molecule is CC(C)(C)[Si](C)(C)O[C@@H]1[C@H](O[PH](=O)O)[C@@H](COP(=S)(CCC#N)O[C@@H]2[C@H](O[Si](C)(C)C(C)(C)C)[C@@H](CO)O[C@H]2n2cnc3c(NC(=O)c4ccccc4)ncnc32)O[C@H]1n1cnc2c(=O)n3cc[nH]c3nc21. The molecule has 7 heterocycles. The Morgan fingerprint density at radius 2 is 1.54 bits per heavy atom. The third-order valence-corrected chi connectivity index (χ3v) is 26.3. The summed E-state index contributed by atoms with van der Waals surface area (Å²) in [4.78, 5) is 62.7. The largest absolute Gasteiger partial charge is 0.408 e. The smallest absolute Gasteiger partial charge is 0.317 e. The van der Waals surface area contributed by atoms with E-state index < -0.39 is 98.5 Å². The van der Waals surface area contributed by atoms with Crippen LogP contribution >= 0.6 is 14.7 Å². The zero-order valence-corrected chi connectivity index (χ0v) is 46.3. The molecule has 0 bridgehead atoms. The Morgan fingerprint density at radius 3 is 2.18 bits per heavy atom. The number of H-pyrrole nitrogens is 1. The zero-order chi connectivity index (χ0) is 52.1. The van der Waals surface area contributed by atoms with Crippen molar-refractivity contribution in [1.29, 1.82) is 5.26 Å². The summed E-state index contributed by atoms with van der Waals surface area (Å²) >= 11 is 6.35. The first-order chi connectivity index (χ1) is 33.9. The van der Waals surface area contributed by atoms with Crippen molar-refractivity contribution in [3.63, 3.8) is 0 Å². The van der Waals surface area contributed by atoms with E-state index in [4.69, 9.17) is 43.7 Å². The maximum absolute atomic E-state index is 13.5. The molecule has 72 heavy (non-hydrogen) atoms. The highest BCUT2D eigenvalue weighted by atomic mass is 32.5. The molecule has 2 unspecified atom stereocenters. The highest BCUT2D eigenvalue weighted by Gasteiger charge is 2.55. The predicted molar refractivity (Wildman–Crippen MR) is 274 cm³/mol. The summed E-state index contributed by atoms with van der Waals surface area (Å²) in [5.74, 6) is -0.0339. The van der Waals surface area contributed by atoms with Gasteiger partial charge in [0, 0.05) is 30.5 Å². The van der Waals surface area contributed by atoms with Gasteiger partial charge in [0.05, 0.1) is 31.9 Å². The number of carbonyl (C=O) groups is 1. The Labute approximate surface area is 422 Å². The summed E-state index contributed by atoms with van der Waals surface area (Å²) in [6.45, 7) is 15.9. The summed E-state index contributed by atoms with van der Waals surface area (Å²) in [5.41, 5.74) is 0.666. The molecular weight excluding hydrogens is 1020 g/mol. The number of anilines is 1. The van der Waals surface area contributed by atoms with Gasteiger partial charge in [-0.15, -0.1) is 0 Å². The highest BCUT2D eigenvalue weighted by Crippen LogP contribution is 2.56. The molecule has 23 nitrogen and oxygen atoms in total. The molecule has 0 radical (unpaired) electrons. The fraction of sp³-hybridized carbons (Fsp3) is 0.545. The van der Waals surface area contributed by atoms with Crippen molar-refractivity contribution in [1.82, 2.24) is 43.4 Å². The molecule has 0 spiro atoms. The van der Waals surface area contributed by atoms with Crippen LogP contribution in [0.5, 0.6) is 0 Å². The van der Waals surface area contributed by atoms with Gasteiger partial charge < -0.3 is 52.2 Å². The molecule has 2 aliphatic heterocycles. The molecule has 6 aromatic rings. The average Bonchev–Trinajstić information content (AvgIpc) is 4.16. The van der Waals surface area contributed by atoms with Crippen LogP contribution in [-0.4, -0.2) is 132 Å². The number of nitriles is 1. The number of aromatic nitrogens is 9. The van der Waals surface area contributed by atoms with Gasteiger partial charge in [0.2, 0.25) is 5.78 Å². The van der Waals surface area contributed by atoms with Crippen LogP contribution < -0.4 is 10.9 Å². The molecule has 0 aliphatic carbocycles. The minimum absolute atomic E-state index is 0.0457. The molecule has 10 atom stereocenters. The molecule has 1 aromatic carbocycles. The number of aliphatic hydroxyl groups is 1. The second-order valence-electron chi connectivity index (χ2n) is 20.7. The lowest BCUT2D eigenvalue weighted by atomic mass is 10.1. The predicted octanol–water partition coefficient (Wildman–Crippen LogP) is 6.42. The average molecular weight is 1090 g/mol. The van der Waals surface area contributed by atoms with Crippen LogP contribution in [0.1, 0.15) is 70.8 Å². The van der Waals surface area contributed by atoms with E-state index in [1.165, 1.54) is 29.6 Å². The summed E-state index contributed by atoms with van der Waals surface area (Å²) in [5, 5.41) is 23.1.